The van der Waals surface area contributed by atoms with Gasteiger partial charge in [0.1, 0.15) is 0 Å². The molecule has 0 aliphatic heterocycles. The molecule has 0 saturated carbocycles. The number of hydrogen-bond donors (Lipinski definition) is 0. The van der Waals surface area contributed by atoms with Crippen molar-refractivity contribution >= 4 is 0 Å². The van der Waals surface area contributed by atoms with Crippen molar-refractivity contribution in [3.63, 3.8) is 0 Å². The molecule has 17 heavy (non-hydrogen) atoms. The molecule has 0 saturated heterocycles. The van der Waals surface area contributed by atoms with E-state index >= 15 is 0 Å². The van der Waals surface area contributed by atoms with E-state index in [4.69, 9.17) is 9.47 Å². The summed E-state index contributed by atoms with van der Waals surface area (Å²) in [5.41, 5.74) is 0. The molecule has 0 fully saturated rings. The van der Waals surface area contributed by atoms with E-state index in [0.29, 0.717) is 0 Å². The third-order valence-corrected chi connectivity index (χ3v) is 1.83. The van der Waals surface area contributed by atoms with Crippen LogP contribution in [0.15, 0.2) is 48.5 Å². The second-order valence-corrected chi connectivity index (χ2v) is 2.89. The van der Waals surface area contributed by atoms with Gasteiger partial charge in [0, 0.05) is 11.5 Å². The van der Waals surface area contributed by atoms with Crippen molar-refractivity contribution in [2.75, 3.05) is 14.2 Å². The number of ether oxygens (including phenoxy) is 2. The minimum atomic E-state index is 0. The average Bonchev–Trinajstić information content (AvgIpc) is 2.41. The van der Waals surface area contributed by atoms with Gasteiger partial charge in [-0.05, 0) is 0 Å². The quantitative estimate of drug-likeness (QED) is 0.624. The fourth-order valence-electron chi connectivity index (χ4n) is 1.01. The van der Waals surface area contributed by atoms with Gasteiger partial charge in [0.15, 0.2) is 0 Å². The predicted molar refractivity (Wildman–Crippen MR) is 63.7 cm³/mol. The van der Waals surface area contributed by atoms with Gasteiger partial charge >= 0.3 is 27.3 Å². The van der Waals surface area contributed by atoms with E-state index in [1.165, 1.54) is 0 Å². The molecular weight excluding hydrogens is 313 g/mol. The summed E-state index contributed by atoms with van der Waals surface area (Å²) in [5.74, 6) is 1.71. The summed E-state index contributed by atoms with van der Waals surface area (Å²) in [5, 5.41) is 0. The number of rotatable bonds is 2. The third-order valence-electron chi connectivity index (χ3n) is 1.83. The Hall–Kier alpha value is -1.04. The molecule has 0 aliphatic carbocycles. The van der Waals surface area contributed by atoms with Crippen LogP contribution in [0.3, 0.4) is 0 Å². The van der Waals surface area contributed by atoms with Gasteiger partial charge in [-0.1, -0.05) is 0 Å². The van der Waals surface area contributed by atoms with Crippen LogP contribution < -0.4 is 9.47 Å². The van der Waals surface area contributed by atoms with Crippen molar-refractivity contribution in [1.29, 1.82) is 0 Å². The number of methoxy groups -OCH3 is 2. The molecule has 0 bridgehead atoms. The first kappa shape index (κ1) is 16.0. The van der Waals surface area contributed by atoms with Crippen LogP contribution in [0.2, 0.25) is 0 Å². The summed E-state index contributed by atoms with van der Waals surface area (Å²) in [7, 11) is 3.28. The smallest absolute Gasteiger partial charge is 0.554 e. The Balaban J connectivity index is 0.000000284. The van der Waals surface area contributed by atoms with Gasteiger partial charge in [-0.3, -0.25) is 0 Å². The molecule has 2 aromatic carbocycles. The van der Waals surface area contributed by atoms with Crippen LogP contribution in [0, 0.1) is 12.1 Å². The molecule has 2 aromatic rings. The zero-order chi connectivity index (χ0) is 11.6. The maximum atomic E-state index is 4.88. The second-order valence-electron chi connectivity index (χ2n) is 2.89. The molecule has 2 rings (SSSR count). The Kier molecular flexibility index (Phi) is 9.52. The molecule has 2 nitrogen and oxygen atoms in total. The van der Waals surface area contributed by atoms with Gasteiger partial charge in [0.25, 0.3) is 0 Å². The normalized spacial score (nSPS) is 8.12. The Morgan fingerprint density at radius 1 is 0.824 bits per heavy atom. The van der Waals surface area contributed by atoms with Crippen LogP contribution >= 0.6 is 0 Å². The van der Waals surface area contributed by atoms with Gasteiger partial charge in [0.05, 0.1) is 14.2 Å². The van der Waals surface area contributed by atoms with E-state index in [2.05, 4.69) is 12.1 Å². The van der Waals surface area contributed by atoms with E-state index in [1.807, 2.05) is 36.4 Å². The molecule has 0 unspecified atom stereocenters. The summed E-state index contributed by atoms with van der Waals surface area (Å²) >= 11 is 0. The van der Waals surface area contributed by atoms with Gasteiger partial charge in [0.2, 0.25) is 0 Å². The maximum Gasteiger partial charge on any atom is 2.00 e. The standard InChI is InChI=1S/2C7H7O.Cd/c2*1-8-7-5-3-2-4-6-7;/h2*2-3,5-6H,1H3;/q2*-1;+2. The summed E-state index contributed by atoms with van der Waals surface area (Å²) in [6, 6.07) is 20.6. The van der Waals surface area contributed by atoms with Gasteiger partial charge in [-0.15, -0.1) is 24.3 Å². The van der Waals surface area contributed by atoms with Crippen molar-refractivity contribution in [3.8, 4) is 11.5 Å². The first-order chi connectivity index (χ1) is 7.86. The van der Waals surface area contributed by atoms with Crippen molar-refractivity contribution in [1.82, 2.24) is 0 Å². The monoisotopic (exact) mass is 328 g/mol. The first-order valence-electron chi connectivity index (χ1n) is 4.87. The molecule has 0 aliphatic rings. The molecule has 0 radical (unpaired) electrons. The molecular formula is C14H14CdO2. The zero-order valence-electron chi connectivity index (χ0n) is 10.1. The minimum Gasteiger partial charge on any atom is -0.554 e. The Labute approximate surface area is 123 Å². The van der Waals surface area contributed by atoms with Gasteiger partial charge in [-0.2, -0.15) is 36.4 Å². The summed E-state index contributed by atoms with van der Waals surface area (Å²) in [6.45, 7) is 0. The van der Waals surface area contributed by atoms with Crippen LogP contribution in [0.4, 0.5) is 0 Å². The van der Waals surface area contributed by atoms with E-state index in [-0.39, 0.29) is 27.3 Å². The Morgan fingerprint density at radius 2 is 1.24 bits per heavy atom. The molecule has 84 valence electrons. The van der Waals surface area contributed by atoms with E-state index < -0.39 is 0 Å². The Bertz CT molecular complexity index is 336. The number of benzene rings is 2. The molecule has 0 spiro atoms. The van der Waals surface area contributed by atoms with Gasteiger partial charge < -0.3 is 9.47 Å². The van der Waals surface area contributed by atoms with Gasteiger partial charge in [-0.25, -0.2) is 0 Å². The first-order valence-corrected chi connectivity index (χ1v) is 4.87. The fraction of sp³-hybridized carbons (Fsp3) is 0.143. The molecule has 0 atom stereocenters. The zero-order valence-corrected chi connectivity index (χ0v) is 14.2. The van der Waals surface area contributed by atoms with E-state index in [0.717, 1.165) is 11.5 Å². The largest absolute Gasteiger partial charge is 2.00 e. The second kappa shape index (κ2) is 10.1. The fourth-order valence-corrected chi connectivity index (χ4v) is 1.01. The van der Waals surface area contributed by atoms with E-state index in [9.17, 15) is 0 Å². The number of hydrogen-bond acceptors (Lipinski definition) is 2. The average molecular weight is 327 g/mol. The van der Waals surface area contributed by atoms with Crippen LogP contribution in [0.5, 0.6) is 11.5 Å². The molecule has 3 heteroatoms. The van der Waals surface area contributed by atoms with Crippen LogP contribution in [-0.4, -0.2) is 14.2 Å². The third kappa shape index (κ3) is 6.99. The van der Waals surface area contributed by atoms with Crippen LogP contribution in [-0.2, 0) is 27.3 Å². The molecule has 0 amide bonds. The molecule has 0 heterocycles. The van der Waals surface area contributed by atoms with Crippen molar-refractivity contribution < 1.29 is 36.8 Å². The van der Waals surface area contributed by atoms with Crippen LogP contribution in [0.25, 0.3) is 0 Å². The molecule has 0 N–H and O–H groups in total. The minimum absolute atomic E-state index is 0. The van der Waals surface area contributed by atoms with E-state index in [1.54, 1.807) is 26.4 Å². The Morgan fingerprint density at radius 3 is 1.41 bits per heavy atom. The summed E-state index contributed by atoms with van der Waals surface area (Å²) in [6.07, 6.45) is 0. The topological polar surface area (TPSA) is 18.5 Å². The maximum absolute atomic E-state index is 4.88. The van der Waals surface area contributed by atoms with Crippen molar-refractivity contribution in [2.24, 2.45) is 0 Å². The van der Waals surface area contributed by atoms with Crippen molar-refractivity contribution in [3.05, 3.63) is 60.7 Å². The summed E-state index contributed by atoms with van der Waals surface area (Å²) < 4.78 is 9.77. The predicted octanol–water partition coefficient (Wildman–Crippen LogP) is 2.99. The van der Waals surface area contributed by atoms with Crippen LogP contribution in [0.1, 0.15) is 0 Å². The summed E-state index contributed by atoms with van der Waals surface area (Å²) in [4.78, 5) is 0. The SMILES string of the molecule is COc1c[c-]ccc1.COc1c[c-]ccc1.[Cd+2]. The van der Waals surface area contributed by atoms with Crippen molar-refractivity contribution in [2.45, 2.75) is 0 Å². The molecule has 0 aromatic heterocycles.